The third-order valence-electron chi connectivity index (χ3n) is 6.11. The molecule has 2 amide bonds. The molecule has 11 heteroatoms. The summed E-state index contributed by atoms with van der Waals surface area (Å²) in [6.07, 6.45) is 1.30. The summed E-state index contributed by atoms with van der Waals surface area (Å²) < 4.78 is 11.8. The lowest BCUT2D eigenvalue weighted by molar-refractivity contribution is -0.384. The van der Waals surface area contributed by atoms with Crippen LogP contribution in [0.2, 0.25) is 0 Å². The van der Waals surface area contributed by atoms with Crippen LogP contribution in [0.3, 0.4) is 0 Å². The summed E-state index contributed by atoms with van der Waals surface area (Å²) in [7, 11) is 1.53. The summed E-state index contributed by atoms with van der Waals surface area (Å²) in [5, 5.41) is 10.9. The van der Waals surface area contributed by atoms with Gasteiger partial charge in [0, 0.05) is 45.2 Å². The van der Waals surface area contributed by atoms with Crippen molar-refractivity contribution in [1.29, 1.82) is 0 Å². The van der Waals surface area contributed by atoms with Gasteiger partial charge in [0.15, 0.2) is 5.58 Å². The van der Waals surface area contributed by atoms with Crippen molar-refractivity contribution in [3.8, 4) is 5.75 Å². The van der Waals surface area contributed by atoms with Crippen LogP contribution in [-0.4, -0.2) is 64.4 Å². The molecule has 11 nitrogen and oxygen atoms in total. The van der Waals surface area contributed by atoms with Gasteiger partial charge in [-0.1, -0.05) is 12.1 Å². The van der Waals surface area contributed by atoms with Crippen LogP contribution < -0.4 is 10.5 Å². The third kappa shape index (κ3) is 5.18. The van der Waals surface area contributed by atoms with Gasteiger partial charge in [-0.15, -0.1) is 0 Å². The van der Waals surface area contributed by atoms with Crippen molar-refractivity contribution in [2.75, 3.05) is 33.3 Å². The first-order chi connectivity index (χ1) is 16.9. The topological polar surface area (TPSA) is 128 Å². The molecule has 0 N–H and O–H groups in total. The first-order valence-corrected chi connectivity index (χ1v) is 11.4. The van der Waals surface area contributed by atoms with Gasteiger partial charge < -0.3 is 19.0 Å². The zero-order valence-electron chi connectivity index (χ0n) is 19.3. The minimum atomic E-state index is -0.617. The number of aromatic nitrogens is 1. The van der Waals surface area contributed by atoms with Gasteiger partial charge >= 0.3 is 5.76 Å². The van der Waals surface area contributed by atoms with E-state index >= 15 is 0 Å². The van der Waals surface area contributed by atoms with Crippen LogP contribution in [0.4, 0.5) is 5.69 Å². The van der Waals surface area contributed by atoms with Gasteiger partial charge in [-0.25, -0.2) is 4.79 Å². The number of oxazole rings is 1. The molecule has 0 saturated carbocycles. The number of non-ortho nitro benzene ring substituents is 1. The molecule has 1 aliphatic rings. The van der Waals surface area contributed by atoms with Crippen molar-refractivity contribution in [3.63, 3.8) is 0 Å². The number of nitro groups is 1. The fourth-order valence-corrected chi connectivity index (χ4v) is 4.29. The summed E-state index contributed by atoms with van der Waals surface area (Å²) in [6.45, 7) is 2.20. The Hall–Kier alpha value is -4.15. The fraction of sp³-hybridized carbons (Fsp3) is 0.375. The molecule has 1 aliphatic heterocycles. The zero-order valence-corrected chi connectivity index (χ0v) is 19.3. The van der Waals surface area contributed by atoms with Crippen LogP contribution in [0.25, 0.3) is 11.1 Å². The molecule has 0 spiro atoms. The number of carbonyl (C=O) groups is 2. The van der Waals surface area contributed by atoms with E-state index in [4.69, 9.17) is 9.15 Å². The second kappa shape index (κ2) is 10.4. The van der Waals surface area contributed by atoms with E-state index in [1.807, 2.05) is 6.07 Å². The minimum Gasteiger partial charge on any atom is -0.496 e. The molecular formula is C24H26N4O7. The molecule has 3 aromatic rings. The Morgan fingerprint density at radius 1 is 1.09 bits per heavy atom. The van der Waals surface area contributed by atoms with Gasteiger partial charge in [0.1, 0.15) is 5.75 Å². The maximum atomic E-state index is 13.0. The average molecular weight is 482 g/mol. The number of nitro benzene ring substituents is 1. The van der Waals surface area contributed by atoms with Crippen molar-refractivity contribution in [2.45, 2.75) is 25.8 Å². The smallest absolute Gasteiger partial charge is 0.419 e. The molecule has 0 unspecified atom stereocenters. The lowest BCUT2D eigenvalue weighted by Gasteiger charge is -2.23. The monoisotopic (exact) mass is 482 g/mol. The maximum absolute atomic E-state index is 13.0. The number of aryl methyl sites for hydroxylation is 1. The number of carbonyl (C=O) groups excluding carboxylic acids is 2. The summed E-state index contributed by atoms with van der Waals surface area (Å²) >= 11 is 0. The Morgan fingerprint density at radius 3 is 2.60 bits per heavy atom. The molecule has 2 heterocycles. The Bertz CT molecular complexity index is 1310. The van der Waals surface area contributed by atoms with Crippen LogP contribution in [0.1, 0.15) is 29.6 Å². The maximum Gasteiger partial charge on any atom is 0.419 e. The second-order valence-corrected chi connectivity index (χ2v) is 8.26. The average Bonchev–Trinajstić information content (AvgIpc) is 3.01. The van der Waals surface area contributed by atoms with E-state index in [1.54, 1.807) is 28.0 Å². The van der Waals surface area contributed by atoms with Crippen LogP contribution in [-0.2, 0) is 11.3 Å². The van der Waals surface area contributed by atoms with E-state index in [0.717, 1.165) is 0 Å². The molecule has 0 radical (unpaired) electrons. The van der Waals surface area contributed by atoms with Crippen LogP contribution in [0.5, 0.6) is 5.75 Å². The first kappa shape index (κ1) is 24.0. The van der Waals surface area contributed by atoms with Crippen molar-refractivity contribution < 1.29 is 23.7 Å². The van der Waals surface area contributed by atoms with Crippen LogP contribution in [0, 0.1) is 10.1 Å². The highest BCUT2D eigenvalue weighted by atomic mass is 16.6. The van der Waals surface area contributed by atoms with E-state index in [1.165, 1.54) is 29.9 Å². The molecule has 0 atom stereocenters. The molecule has 2 aromatic carbocycles. The van der Waals surface area contributed by atoms with E-state index in [-0.39, 0.29) is 36.1 Å². The number of benzene rings is 2. The van der Waals surface area contributed by atoms with Gasteiger partial charge in [-0.3, -0.25) is 24.3 Å². The van der Waals surface area contributed by atoms with Crippen molar-refractivity contribution in [2.24, 2.45) is 0 Å². The van der Waals surface area contributed by atoms with E-state index in [2.05, 4.69) is 0 Å². The van der Waals surface area contributed by atoms with Crippen molar-refractivity contribution in [3.05, 3.63) is 68.7 Å². The van der Waals surface area contributed by atoms with Crippen molar-refractivity contribution in [1.82, 2.24) is 14.4 Å². The van der Waals surface area contributed by atoms with Gasteiger partial charge in [0.25, 0.3) is 11.6 Å². The summed E-state index contributed by atoms with van der Waals surface area (Å²) in [6, 6.07) is 11.1. The number of nitrogens with zero attached hydrogens (tertiary/aromatic N) is 4. The van der Waals surface area contributed by atoms with Crippen molar-refractivity contribution >= 4 is 28.6 Å². The van der Waals surface area contributed by atoms with E-state index in [0.29, 0.717) is 55.9 Å². The van der Waals surface area contributed by atoms with Gasteiger partial charge in [-0.2, -0.15) is 0 Å². The largest absolute Gasteiger partial charge is 0.496 e. The molecule has 4 rings (SSSR count). The molecule has 1 aromatic heterocycles. The predicted molar refractivity (Wildman–Crippen MR) is 126 cm³/mol. The van der Waals surface area contributed by atoms with Gasteiger partial charge in [0.2, 0.25) is 5.91 Å². The molecule has 35 heavy (non-hydrogen) atoms. The number of hydrogen-bond donors (Lipinski definition) is 0. The molecule has 0 bridgehead atoms. The zero-order chi connectivity index (χ0) is 24.9. The summed E-state index contributed by atoms with van der Waals surface area (Å²) in [5.74, 6) is -0.268. The predicted octanol–water partition coefficient (Wildman–Crippen LogP) is 2.67. The minimum absolute atomic E-state index is 0.0481. The number of hydrogen-bond acceptors (Lipinski definition) is 7. The summed E-state index contributed by atoms with van der Waals surface area (Å²) in [4.78, 5) is 51.8. The van der Waals surface area contributed by atoms with E-state index in [9.17, 15) is 24.5 Å². The lowest BCUT2D eigenvalue weighted by atomic mass is 10.1. The van der Waals surface area contributed by atoms with Crippen LogP contribution >= 0.6 is 0 Å². The number of methoxy groups -OCH3 is 1. The Balaban J connectivity index is 1.33. The molecule has 1 fully saturated rings. The number of ether oxygens (including phenoxy) is 1. The van der Waals surface area contributed by atoms with Gasteiger partial charge in [-0.05, 0) is 31.0 Å². The molecule has 0 aliphatic carbocycles. The SMILES string of the molecule is COc1ccccc1C(=O)N1CCCN(C(=O)CCCn2c(=O)oc3cc([N+](=O)[O-])ccc32)CC1. The lowest BCUT2D eigenvalue weighted by Crippen LogP contribution is -2.37. The highest BCUT2D eigenvalue weighted by Gasteiger charge is 2.24. The number of fused-ring (bicyclic) bond motifs is 1. The molecule has 184 valence electrons. The number of para-hydroxylation sites is 1. The molecule has 1 saturated heterocycles. The fourth-order valence-electron chi connectivity index (χ4n) is 4.29. The normalized spacial score (nSPS) is 14.1. The number of amides is 2. The quantitative estimate of drug-likeness (QED) is 0.374. The molecular weight excluding hydrogens is 456 g/mol. The summed E-state index contributed by atoms with van der Waals surface area (Å²) in [5.41, 5.74) is 0.932. The highest BCUT2D eigenvalue weighted by molar-refractivity contribution is 5.97. The van der Waals surface area contributed by atoms with E-state index < -0.39 is 10.7 Å². The number of rotatable bonds is 7. The Labute approximate surface area is 200 Å². The highest BCUT2D eigenvalue weighted by Crippen LogP contribution is 2.22. The first-order valence-electron chi connectivity index (χ1n) is 11.4. The third-order valence-corrected chi connectivity index (χ3v) is 6.11. The Kier molecular flexibility index (Phi) is 7.14. The standard InChI is InChI=1S/C24H26N4O7/c1-34-20-7-3-2-6-18(20)23(30)26-12-5-11-25(14-15-26)22(29)8-4-13-27-19-10-9-17(28(32)33)16-21(19)35-24(27)31/h2-3,6-7,9-10,16H,4-5,8,11-15H2,1H3. The Morgan fingerprint density at radius 2 is 1.83 bits per heavy atom. The second-order valence-electron chi connectivity index (χ2n) is 8.26. The van der Waals surface area contributed by atoms with Gasteiger partial charge in [0.05, 0.1) is 29.2 Å². The van der Waals surface area contributed by atoms with Crippen LogP contribution in [0.15, 0.2) is 51.7 Å².